The molecule has 0 fully saturated rings. The number of rotatable bonds is 3. The topological polar surface area (TPSA) is 72.7 Å². The van der Waals surface area contributed by atoms with Crippen LogP contribution in [0.5, 0.6) is 0 Å². The van der Waals surface area contributed by atoms with Crippen LogP contribution >= 0.6 is 11.9 Å². The molecule has 6 nitrogen and oxygen atoms in total. The third-order valence-corrected chi connectivity index (χ3v) is 2.54. The van der Waals surface area contributed by atoms with E-state index in [4.69, 9.17) is 0 Å². The summed E-state index contributed by atoms with van der Waals surface area (Å²) in [4.78, 5) is 11.8. The first-order valence-corrected chi connectivity index (χ1v) is 5.30. The predicted molar refractivity (Wildman–Crippen MR) is 59.8 cm³/mol. The Balaban J connectivity index is 2.05. The van der Waals surface area contributed by atoms with Gasteiger partial charge in [0.25, 0.3) is 0 Å². The van der Waals surface area contributed by atoms with E-state index >= 15 is 0 Å². The molecule has 0 aliphatic rings. The molecule has 0 saturated heterocycles. The molecule has 1 aromatic heterocycles. The monoisotopic (exact) mass is 235 g/mol. The summed E-state index contributed by atoms with van der Waals surface area (Å²) in [5, 5.41) is 13.5. The van der Waals surface area contributed by atoms with Gasteiger partial charge in [0, 0.05) is 29.5 Å². The maximum atomic E-state index is 10.8. The van der Waals surface area contributed by atoms with E-state index < -0.39 is 0 Å². The zero-order valence-corrected chi connectivity index (χ0v) is 9.31. The zero-order valence-electron chi connectivity index (χ0n) is 8.49. The number of aromatic nitrogens is 4. The van der Waals surface area contributed by atoms with E-state index in [9.17, 15) is 4.79 Å². The minimum absolute atomic E-state index is 0.0825. The van der Waals surface area contributed by atoms with E-state index in [1.54, 1.807) is 4.09 Å². The van der Waals surface area contributed by atoms with Gasteiger partial charge in [0.05, 0.1) is 0 Å². The van der Waals surface area contributed by atoms with Crippen molar-refractivity contribution in [1.29, 1.82) is 0 Å². The van der Waals surface area contributed by atoms with E-state index in [2.05, 4.69) is 20.8 Å². The third kappa shape index (κ3) is 2.80. The molecule has 16 heavy (non-hydrogen) atoms. The van der Waals surface area contributed by atoms with Crippen molar-refractivity contribution in [1.82, 2.24) is 19.6 Å². The summed E-state index contributed by atoms with van der Waals surface area (Å²) in [6.45, 7) is 1.48. The summed E-state index contributed by atoms with van der Waals surface area (Å²) in [6.07, 6.45) is 1.52. The van der Waals surface area contributed by atoms with E-state index in [1.165, 1.54) is 25.2 Å². The van der Waals surface area contributed by atoms with E-state index in [0.29, 0.717) is 0 Å². The molecule has 0 atom stereocenters. The van der Waals surface area contributed by atoms with Gasteiger partial charge in [0.15, 0.2) is 6.33 Å². The van der Waals surface area contributed by atoms with Gasteiger partial charge in [-0.05, 0) is 34.7 Å². The summed E-state index contributed by atoms with van der Waals surface area (Å²) in [5.74, 6) is -0.0825. The minimum atomic E-state index is -0.0825. The zero-order chi connectivity index (χ0) is 11.4. The number of anilines is 1. The van der Waals surface area contributed by atoms with Crippen LogP contribution in [0.15, 0.2) is 35.5 Å². The van der Waals surface area contributed by atoms with Crippen molar-refractivity contribution in [2.45, 2.75) is 11.8 Å². The first-order chi connectivity index (χ1) is 7.74. The van der Waals surface area contributed by atoms with Gasteiger partial charge in [0.2, 0.25) is 5.91 Å². The highest BCUT2D eigenvalue weighted by Crippen LogP contribution is 2.20. The number of hydrogen-bond acceptors (Lipinski definition) is 5. The second kappa shape index (κ2) is 4.75. The molecule has 0 aliphatic carbocycles. The summed E-state index contributed by atoms with van der Waals surface area (Å²) in [6, 6.07) is 7.43. The second-order valence-electron chi connectivity index (χ2n) is 3.01. The second-order valence-corrected chi connectivity index (χ2v) is 4.04. The first-order valence-electron chi connectivity index (χ1n) is 4.53. The van der Waals surface area contributed by atoms with E-state index in [-0.39, 0.29) is 5.91 Å². The Labute approximate surface area is 96.2 Å². The Bertz CT molecular complexity index is 467. The summed E-state index contributed by atoms with van der Waals surface area (Å²) in [5.41, 5.74) is 0.772. The van der Waals surface area contributed by atoms with Crippen LogP contribution in [0.4, 0.5) is 5.69 Å². The average molecular weight is 235 g/mol. The van der Waals surface area contributed by atoms with Gasteiger partial charge in [-0.3, -0.25) is 4.79 Å². The number of benzene rings is 1. The smallest absolute Gasteiger partial charge is 0.221 e. The first kappa shape index (κ1) is 10.6. The van der Waals surface area contributed by atoms with Crippen molar-refractivity contribution in [3.8, 4) is 0 Å². The lowest BCUT2D eigenvalue weighted by Crippen LogP contribution is -2.05. The van der Waals surface area contributed by atoms with Gasteiger partial charge in [0.1, 0.15) is 0 Å². The fourth-order valence-corrected chi connectivity index (χ4v) is 1.74. The lowest BCUT2D eigenvalue weighted by molar-refractivity contribution is -0.114. The molecule has 0 aliphatic heterocycles. The van der Waals surface area contributed by atoms with Gasteiger partial charge in [-0.2, -0.15) is 4.09 Å². The largest absolute Gasteiger partial charge is 0.326 e. The molecule has 82 valence electrons. The summed E-state index contributed by atoms with van der Waals surface area (Å²) >= 11 is 1.39. The molecule has 0 radical (unpaired) electrons. The number of nitrogens with one attached hydrogen (secondary N) is 1. The van der Waals surface area contributed by atoms with Gasteiger partial charge in [-0.25, -0.2) is 0 Å². The SMILES string of the molecule is CC(=O)Nc1ccc(Sn2cnnn2)cc1. The molecule has 2 aromatic rings. The molecule has 0 saturated carbocycles. The van der Waals surface area contributed by atoms with Crippen LogP contribution in [0, 0.1) is 0 Å². The van der Waals surface area contributed by atoms with Crippen LogP contribution in [0.3, 0.4) is 0 Å². The lowest BCUT2D eigenvalue weighted by Gasteiger charge is -2.03. The number of amides is 1. The van der Waals surface area contributed by atoms with E-state index in [0.717, 1.165) is 10.6 Å². The Hall–Kier alpha value is -1.89. The number of carbonyl (C=O) groups excluding carboxylic acids is 1. The molecule has 1 N–H and O–H groups in total. The van der Waals surface area contributed by atoms with E-state index in [1.807, 2.05) is 24.3 Å². The predicted octanol–water partition coefficient (Wildman–Crippen LogP) is 1.19. The minimum Gasteiger partial charge on any atom is -0.326 e. The Morgan fingerprint density at radius 2 is 2.12 bits per heavy atom. The number of hydrogen-bond donors (Lipinski definition) is 1. The Kier molecular flexibility index (Phi) is 3.16. The average Bonchev–Trinajstić information content (AvgIpc) is 2.73. The van der Waals surface area contributed by atoms with Crippen LogP contribution in [0.25, 0.3) is 0 Å². The van der Waals surface area contributed by atoms with Crippen LogP contribution < -0.4 is 5.32 Å². The van der Waals surface area contributed by atoms with Gasteiger partial charge in [-0.1, -0.05) is 0 Å². The number of carbonyl (C=O) groups is 1. The molecule has 7 heteroatoms. The van der Waals surface area contributed by atoms with Crippen LogP contribution in [-0.2, 0) is 4.79 Å². The van der Waals surface area contributed by atoms with Crippen LogP contribution in [0.2, 0.25) is 0 Å². The standard InChI is InChI=1S/C9H9N5OS/c1-7(15)11-8-2-4-9(5-3-8)16-14-6-10-12-13-14/h2-6H,1H3,(H,11,15). The molecule has 1 aromatic carbocycles. The fraction of sp³-hybridized carbons (Fsp3) is 0.111. The van der Waals surface area contributed by atoms with Gasteiger partial charge >= 0.3 is 0 Å². The fourth-order valence-electron chi connectivity index (χ4n) is 1.11. The quantitative estimate of drug-likeness (QED) is 0.865. The molecule has 0 unspecified atom stereocenters. The normalized spacial score (nSPS) is 10.1. The molecule has 2 rings (SSSR count). The van der Waals surface area contributed by atoms with Crippen LogP contribution in [0.1, 0.15) is 6.92 Å². The maximum absolute atomic E-state index is 10.8. The van der Waals surface area contributed by atoms with Crippen molar-refractivity contribution < 1.29 is 4.79 Å². The molecule has 0 bridgehead atoms. The van der Waals surface area contributed by atoms with Crippen molar-refractivity contribution in [3.05, 3.63) is 30.6 Å². The number of nitrogens with zero attached hydrogens (tertiary/aromatic N) is 4. The Morgan fingerprint density at radius 3 is 2.69 bits per heavy atom. The van der Waals surface area contributed by atoms with Crippen LogP contribution in [-0.4, -0.2) is 25.5 Å². The molecule has 1 heterocycles. The van der Waals surface area contributed by atoms with Crippen molar-refractivity contribution in [3.63, 3.8) is 0 Å². The molecular weight excluding hydrogens is 226 g/mol. The third-order valence-electron chi connectivity index (χ3n) is 1.70. The highest BCUT2D eigenvalue weighted by molar-refractivity contribution is 7.97. The molecule has 1 amide bonds. The van der Waals surface area contributed by atoms with Gasteiger partial charge < -0.3 is 5.32 Å². The maximum Gasteiger partial charge on any atom is 0.221 e. The van der Waals surface area contributed by atoms with Crippen molar-refractivity contribution in [2.75, 3.05) is 5.32 Å². The van der Waals surface area contributed by atoms with Crippen molar-refractivity contribution >= 4 is 23.5 Å². The number of tetrazole rings is 1. The Morgan fingerprint density at radius 1 is 1.38 bits per heavy atom. The van der Waals surface area contributed by atoms with Crippen molar-refractivity contribution in [2.24, 2.45) is 0 Å². The lowest BCUT2D eigenvalue weighted by atomic mass is 10.3. The highest BCUT2D eigenvalue weighted by Gasteiger charge is 1.99. The molecule has 0 spiro atoms. The summed E-state index contributed by atoms with van der Waals surface area (Å²) < 4.78 is 1.55. The highest BCUT2D eigenvalue weighted by atomic mass is 32.2. The molecular formula is C9H9N5OS. The van der Waals surface area contributed by atoms with Gasteiger partial charge in [-0.15, -0.1) is 5.10 Å². The summed E-state index contributed by atoms with van der Waals surface area (Å²) in [7, 11) is 0.